The number of hydrogen-bond acceptors (Lipinski definition) is 11. The minimum Gasteiger partial charge on any atom is -0.491 e. The number of rotatable bonds is 10. The number of amides is 1. The molecule has 286 valence electrons. The number of benzene rings is 4. The van der Waals surface area contributed by atoms with Crippen molar-refractivity contribution in [1.82, 2.24) is 4.90 Å². The molecule has 3 aliphatic rings. The number of methoxy groups -OCH3 is 2. The summed E-state index contributed by atoms with van der Waals surface area (Å²) in [6.07, 6.45) is -1.12. The number of carboxylic acids is 1. The van der Waals surface area contributed by atoms with Crippen molar-refractivity contribution in [2.45, 2.75) is 36.1 Å². The highest BCUT2D eigenvalue weighted by Crippen LogP contribution is 2.64. The van der Waals surface area contributed by atoms with Crippen LogP contribution in [0.5, 0.6) is 5.75 Å². The van der Waals surface area contributed by atoms with Crippen LogP contribution in [0.25, 0.3) is 0 Å². The molecule has 1 spiro atoms. The van der Waals surface area contributed by atoms with E-state index in [0.717, 1.165) is 19.8 Å². The summed E-state index contributed by atoms with van der Waals surface area (Å²) in [5, 5.41) is 23.5. The topological polar surface area (TPSA) is 178 Å². The van der Waals surface area contributed by atoms with Crippen LogP contribution in [-0.2, 0) is 43.6 Å². The van der Waals surface area contributed by atoms with Crippen LogP contribution in [0, 0.1) is 23.7 Å². The van der Waals surface area contributed by atoms with Gasteiger partial charge in [-0.2, -0.15) is 0 Å². The zero-order valence-corrected chi connectivity index (χ0v) is 30.4. The summed E-state index contributed by atoms with van der Waals surface area (Å²) in [6, 6.07) is 26.9. The fourth-order valence-corrected chi connectivity index (χ4v) is 8.36. The molecule has 0 saturated carbocycles. The van der Waals surface area contributed by atoms with Gasteiger partial charge in [0.05, 0.1) is 32.9 Å². The van der Waals surface area contributed by atoms with Crippen LogP contribution in [0.1, 0.15) is 52.4 Å². The Morgan fingerprint density at radius 3 is 2.11 bits per heavy atom. The van der Waals surface area contributed by atoms with E-state index in [-0.39, 0.29) is 19.6 Å². The monoisotopic (exact) mass is 758 g/mol. The molecule has 56 heavy (non-hydrogen) atoms. The van der Waals surface area contributed by atoms with Crippen molar-refractivity contribution in [2.24, 2.45) is 11.8 Å². The van der Waals surface area contributed by atoms with E-state index in [0.29, 0.717) is 33.7 Å². The third-order valence-electron chi connectivity index (χ3n) is 10.6. The number of hydrogen-bond donors (Lipinski definition) is 3. The van der Waals surface area contributed by atoms with Crippen molar-refractivity contribution in [2.75, 3.05) is 32.8 Å². The number of carbonyl (C=O) groups is 5. The molecule has 2 fully saturated rings. The summed E-state index contributed by atoms with van der Waals surface area (Å²) in [5.41, 5.74) is 1.01. The first-order valence-corrected chi connectivity index (χ1v) is 17.9. The number of carboxylic acid groups (broad SMARTS) is 1. The summed E-state index contributed by atoms with van der Waals surface area (Å²) in [5.74, 6) is -1.16. The molecule has 0 bridgehead atoms. The van der Waals surface area contributed by atoms with Crippen LogP contribution < -0.4 is 10.1 Å². The predicted octanol–water partition coefficient (Wildman–Crippen LogP) is 4.12. The number of carbonyl (C=O) groups excluding carboxylic acids is 4. The van der Waals surface area contributed by atoms with Gasteiger partial charge in [0.15, 0.2) is 5.92 Å². The second-order valence-electron chi connectivity index (χ2n) is 13.6. The van der Waals surface area contributed by atoms with E-state index in [9.17, 15) is 34.2 Å². The summed E-state index contributed by atoms with van der Waals surface area (Å²) in [4.78, 5) is 69.6. The van der Waals surface area contributed by atoms with Crippen LogP contribution in [0.3, 0.4) is 0 Å². The highest BCUT2D eigenvalue weighted by molar-refractivity contribution is 6.11. The fraction of sp³-hybridized carbons (Fsp3) is 0.279. The number of anilines is 1. The third-order valence-corrected chi connectivity index (χ3v) is 10.6. The maximum atomic E-state index is 14.9. The minimum atomic E-state index is -1.92. The summed E-state index contributed by atoms with van der Waals surface area (Å²) in [7, 11) is 2.30. The van der Waals surface area contributed by atoms with Crippen LogP contribution in [0.2, 0.25) is 0 Å². The molecule has 2 saturated heterocycles. The maximum absolute atomic E-state index is 14.9. The number of nitrogens with one attached hydrogen (secondary N) is 1. The van der Waals surface area contributed by atoms with Crippen LogP contribution in [-0.4, -0.2) is 78.4 Å². The van der Waals surface area contributed by atoms with Gasteiger partial charge >= 0.3 is 23.9 Å². The molecule has 13 heteroatoms. The highest BCUT2D eigenvalue weighted by Gasteiger charge is 2.74. The van der Waals surface area contributed by atoms with E-state index >= 15 is 0 Å². The Kier molecular flexibility index (Phi) is 10.6. The van der Waals surface area contributed by atoms with Gasteiger partial charge in [-0.15, -0.1) is 0 Å². The molecule has 6 atom stereocenters. The number of aliphatic hydroxyl groups excluding tert-OH is 1. The molecule has 1 amide bonds. The molecular formula is C43H38N2O11. The summed E-state index contributed by atoms with van der Waals surface area (Å²) in [6.45, 7) is -0.165. The second kappa shape index (κ2) is 15.7. The molecule has 0 aromatic heterocycles. The van der Waals surface area contributed by atoms with Gasteiger partial charge in [-0.05, 0) is 52.6 Å². The van der Waals surface area contributed by atoms with Gasteiger partial charge in [-0.3, -0.25) is 28.9 Å². The Balaban J connectivity index is 1.45. The van der Waals surface area contributed by atoms with Crippen molar-refractivity contribution in [3.8, 4) is 17.6 Å². The van der Waals surface area contributed by atoms with Crippen molar-refractivity contribution in [1.29, 1.82) is 0 Å². The summed E-state index contributed by atoms with van der Waals surface area (Å²) >= 11 is 0. The molecule has 3 N–H and O–H groups in total. The van der Waals surface area contributed by atoms with Crippen molar-refractivity contribution in [3.63, 3.8) is 0 Å². The SMILES string of the molecule is COC(=O)C(CC#Cc1ccc2c(c1)C1(C(=O)N2)C(C(=O)O)C2C(=O)OC(c3ccccc3)C(c3ccccc3)N2C1c1ccc(OCCO)cc1)C(=O)OC. The van der Waals surface area contributed by atoms with Crippen molar-refractivity contribution in [3.05, 3.63) is 131 Å². The van der Waals surface area contributed by atoms with Gasteiger partial charge in [0.1, 0.15) is 35.8 Å². The first kappa shape index (κ1) is 37.8. The van der Waals surface area contributed by atoms with Gasteiger partial charge in [0.2, 0.25) is 5.91 Å². The Hall–Kier alpha value is -6.49. The van der Waals surface area contributed by atoms with Crippen LogP contribution in [0.4, 0.5) is 5.69 Å². The quantitative estimate of drug-likeness (QED) is 0.0914. The average molecular weight is 759 g/mol. The number of esters is 3. The van der Waals surface area contributed by atoms with Crippen LogP contribution in [0.15, 0.2) is 103 Å². The molecule has 4 aromatic rings. The van der Waals surface area contributed by atoms with Crippen molar-refractivity contribution < 1.29 is 53.1 Å². The summed E-state index contributed by atoms with van der Waals surface area (Å²) < 4.78 is 21.4. The zero-order chi connectivity index (χ0) is 39.6. The lowest BCUT2D eigenvalue weighted by molar-refractivity contribution is -0.179. The molecule has 3 heterocycles. The Labute approximate surface area is 322 Å². The maximum Gasteiger partial charge on any atom is 0.325 e. The minimum absolute atomic E-state index is 0.0439. The molecule has 4 aromatic carbocycles. The lowest BCUT2D eigenvalue weighted by atomic mass is 9.65. The molecule has 3 aliphatic heterocycles. The van der Waals surface area contributed by atoms with Gasteiger partial charge < -0.3 is 34.5 Å². The third kappa shape index (κ3) is 6.42. The number of aliphatic hydroxyl groups is 1. The second-order valence-corrected chi connectivity index (χ2v) is 13.6. The number of cyclic esters (lactones) is 1. The molecule has 6 unspecified atom stereocenters. The Bertz CT molecular complexity index is 2200. The Morgan fingerprint density at radius 2 is 1.50 bits per heavy atom. The normalized spacial score (nSPS) is 23.6. The standard InChI is InChI=1S/C43H38N2O11/c1-53-39(49)30(40(50)54-2)15-9-10-25-16-21-32-31(24-25)43(42(52)44-32)33(38(47)48)35-41(51)56-36(27-13-7-4-8-14-27)34(26-11-5-3-6-12-26)45(35)37(43)28-17-19-29(20-18-28)55-23-22-46/h3-8,11-14,16-21,24,30,33-37,46H,15,22-23H2,1-2H3,(H,44,52)(H,47,48). The first-order valence-electron chi connectivity index (χ1n) is 17.9. The number of aliphatic carboxylic acids is 1. The van der Waals surface area contributed by atoms with Gasteiger partial charge in [-0.25, -0.2) is 0 Å². The zero-order valence-electron chi connectivity index (χ0n) is 30.4. The lowest BCUT2D eigenvalue weighted by Gasteiger charge is -2.46. The first-order chi connectivity index (χ1) is 27.1. The van der Waals surface area contributed by atoms with E-state index in [2.05, 4.69) is 17.2 Å². The largest absolute Gasteiger partial charge is 0.491 e. The number of ether oxygens (including phenoxy) is 4. The average Bonchev–Trinajstić information content (AvgIpc) is 3.70. The number of morpholine rings is 1. The smallest absolute Gasteiger partial charge is 0.325 e. The predicted molar refractivity (Wildman–Crippen MR) is 199 cm³/mol. The fourth-order valence-electron chi connectivity index (χ4n) is 8.36. The lowest BCUT2D eigenvalue weighted by Crippen LogP contribution is -2.52. The van der Waals surface area contributed by atoms with Crippen LogP contribution >= 0.6 is 0 Å². The molecule has 7 rings (SSSR count). The van der Waals surface area contributed by atoms with E-state index in [1.165, 1.54) is 0 Å². The van der Waals surface area contributed by atoms with E-state index < -0.39 is 71.3 Å². The highest BCUT2D eigenvalue weighted by atomic mass is 16.6. The van der Waals surface area contributed by atoms with Gasteiger partial charge in [0.25, 0.3) is 0 Å². The Morgan fingerprint density at radius 1 is 0.857 bits per heavy atom. The van der Waals surface area contributed by atoms with E-state index in [4.69, 9.17) is 18.9 Å². The van der Waals surface area contributed by atoms with E-state index in [1.54, 1.807) is 42.5 Å². The molecule has 0 radical (unpaired) electrons. The molecule has 0 aliphatic carbocycles. The molecule has 13 nitrogen and oxygen atoms in total. The van der Waals surface area contributed by atoms with E-state index in [1.807, 2.05) is 65.6 Å². The van der Waals surface area contributed by atoms with Gasteiger partial charge in [-0.1, -0.05) is 84.6 Å². The number of fused-ring (bicyclic) bond motifs is 3. The number of nitrogens with zero attached hydrogens (tertiary/aromatic N) is 1. The van der Waals surface area contributed by atoms with Crippen molar-refractivity contribution >= 4 is 35.5 Å². The van der Waals surface area contributed by atoms with Gasteiger partial charge in [0, 0.05) is 17.7 Å². The molecular weight excluding hydrogens is 720 g/mol.